The van der Waals surface area contributed by atoms with Crippen molar-refractivity contribution in [2.24, 2.45) is 0 Å². The number of carbonyl (C=O) groups is 1. The average Bonchev–Trinajstić information content (AvgIpc) is 3.40. The van der Waals surface area contributed by atoms with E-state index >= 15 is 0 Å². The highest BCUT2D eigenvalue weighted by Crippen LogP contribution is 2.35. The van der Waals surface area contributed by atoms with Crippen LogP contribution in [0.1, 0.15) is 13.8 Å². The van der Waals surface area contributed by atoms with Crippen molar-refractivity contribution < 1.29 is 13.6 Å². The first-order valence-corrected chi connectivity index (χ1v) is 12.0. The summed E-state index contributed by atoms with van der Waals surface area (Å²) in [6.45, 7) is 3.88. The summed E-state index contributed by atoms with van der Waals surface area (Å²) in [4.78, 5) is 32.0. The molecule has 5 nitrogen and oxygen atoms in total. The number of rotatable bonds is 6. The highest BCUT2D eigenvalue weighted by Gasteiger charge is 2.22. The molecule has 0 saturated heterocycles. The lowest BCUT2D eigenvalue weighted by Crippen LogP contribution is -2.26. The molecule has 0 aliphatic heterocycles. The van der Waals surface area contributed by atoms with Crippen molar-refractivity contribution in [2.75, 3.05) is 5.32 Å². The van der Waals surface area contributed by atoms with Crippen LogP contribution >= 0.6 is 34.4 Å². The first-order valence-electron chi connectivity index (χ1n) is 9.37. The largest absolute Gasteiger partial charge is 0.323 e. The molecule has 10 heteroatoms. The third-order valence-corrected chi connectivity index (χ3v) is 7.47. The fraction of sp³-hybridized carbons (Fsp3) is 0.190. The van der Waals surface area contributed by atoms with Crippen LogP contribution in [-0.4, -0.2) is 20.7 Å². The molecule has 0 aliphatic rings. The molecule has 1 N–H and O–H groups in total. The van der Waals surface area contributed by atoms with Gasteiger partial charge in [0.25, 0.3) is 5.56 Å². The minimum atomic E-state index is -0.852. The number of fused-ring (bicyclic) bond motifs is 1. The number of hydrogen-bond donors (Lipinski definition) is 1. The number of halogens is 2. The molecular weight excluding hydrogens is 460 g/mol. The molecule has 160 valence electrons. The van der Waals surface area contributed by atoms with E-state index in [1.165, 1.54) is 17.4 Å². The van der Waals surface area contributed by atoms with Crippen molar-refractivity contribution in [3.63, 3.8) is 0 Å². The number of aromatic nitrogens is 2. The Morgan fingerprint density at radius 2 is 2.10 bits per heavy atom. The van der Waals surface area contributed by atoms with Gasteiger partial charge in [-0.3, -0.25) is 14.2 Å². The zero-order valence-corrected chi connectivity index (χ0v) is 19.0. The molecule has 4 aromatic rings. The van der Waals surface area contributed by atoms with Gasteiger partial charge in [-0.1, -0.05) is 17.8 Å². The SMILES string of the molecule is CCn1c(SC(C)C(=O)Nc2ccc(F)cc2F)nc2scc(-c3cccs3)c2c1=O. The summed E-state index contributed by atoms with van der Waals surface area (Å²) in [5.41, 5.74) is 0.606. The Morgan fingerprint density at radius 3 is 2.77 bits per heavy atom. The Kier molecular flexibility index (Phi) is 6.22. The molecule has 31 heavy (non-hydrogen) atoms. The number of benzene rings is 1. The van der Waals surface area contributed by atoms with Crippen molar-refractivity contribution in [1.29, 1.82) is 0 Å². The van der Waals surface area contributed by atoms with Gasteiger partial charge in [0, 0.05) is 28.4 Å². The maximum atomic E-state index is 13.8. The Balaban J connectivity index is 1.63. The van der Waals surface area contributed by atoms with Gasteiger partial charge < -0.3 is 5.32 Å². The molecule has 0 bridgehead atoms. The molecule has 0 saturated carbocycles. The summed E-state index contributed by atoms with van der Waals surface area (Å²) in [6, 6.07) is 6.85. The van der Waals surface area contributed by atoms with Crippen LogP contribution in [0.2, 0.25) is 0 Å². The summed E-state index contributed by atoms with van der Waals surface area (Å²) in [7, 11) is 0. The molecule has 0 radical (unpaired) electrons. The normalized spacial score (nSPS) is 12.3. The van der Waals surface area contributed by atoms with E-state index in [1.54, 1.807) is 22.8 Å². The minimum absolute atomic E-state index is 0.103. The Morgan fingerprint density at radius 1 is 1.29 bits per heavy atom. The number of anilines is 1. The zero-order valence-electron chi connectivity index (χ0n) is 16.5. The maximum Gasteiger partial charge on any atom is 0.263 e. The number of amides is 1. The molecule has 0 aliphatic carbocycles. The smallest absolute Gasteiger partial charge is 0.263 e. The fourth-order valence-electron chi connectivity index (χ4n) is 3.02. The van der Waals surface area contributed by atoms with Crippen LogP contribution in [0.25, 0.3) is 20.7 Å². The predicted octanol–water partition coefficient (Wildman–Crippen LogP) is 5.60. The second-order valence-corrected chi connectivity index (χ2v) is 9.74. The summed E-state index contributed by atoms with van der Waals surface area (Å²) in [5.74, 6) is -2.05. The van der Waals surface area contributed by atoms with E-state index in [2.05, 4.69) is 10.3 Å². The lowest BCUT2D eigenvalue weighted by molar-refractivity contribution is -0.115. The van der Waals surface area contributed by atoms with Crippen molar-refractivity contribution in [1.82, 2.24) is 9.55 Å². The molecule has 3 aromatic heterocycles. The maximum absolute atomic E-state index is 13.8. The summed E-state index contributed by atoms with van der Waals surface area (Å²) >= 11 is 4.06. The topological polar surface area (TPSA) is 64.0 Å². The van der Waals surface area contributed by atoms with Crippen LogP contribution in [-0.2, 0) is 11.3 Å². The number of nitrogens with one attached hydrogen (secondary N) is 1. The molecule has 1 aromatic carbocycles. The van der Waals surface area contributed by atoms with Crippen LogP contribution in [0, 0.1) is 11.6 Å². The van der Waals surface area contributed by atoms with Crippen LogP contribution in [0.3, 0.4) is 0 Å². The molecule has 0 fully saturated rings. The molecule has 3 heterocycles. The zero-order chi connectivity index (χ0) is 22.1. The number of hydrogen-bond acceptors (Lipinski definition) is 6. The van der Waals surface area contributed by atoms with Gasteiger partial charge in [-0.2, -0.15) is 0 Å². The second-order valence-electron chi connectivity index (χ2n) is 6.62. The van der Waals surface area contributed by atoms with E-state index in [1.807, 2.05) is 29.8 Å². The number of thioether (sulfide) groups is 1. The van der Waals surface area contributed by atoms with Crippen LogP contribution < -0.4 is 10.9 Å². The van der Waals surface area contributed by atoms with Gasteiger partial charge in [0.2, 0.25) is 5.91 Å². The Hall–Kier alpha value is -2.56. The lowest BCUT2D eigenvalue weighted by Gasteiger charge is -2.15. The Bertz CT molecular complexity index is 1320. The molecule has 1 amide bonds. The number of nitrogens with zero attached hydrogens (tertiary/aromatic N) is 2. The van der Waals surface area contributed by atoms with Crippen molar-refractivity contribution in [2.45, 2.75) is 30.8 Å². The van der Waals surface area contributed by atoms with Crippen LogP contribution in [0.5, 0.6) is 0 Å². The summed E-state index contributed by atoms with van der Waals surface area (Å²) < 4.78 is 28.5. The molecule has 1 atom stereocenters. The lowest BCUT2D eigenvalue weighted by atomic mass is 10.2. The molecule has 4 rings (SSSR count). The Labute approximate surface area is 188 Å². The van der Waals surface area contributed by atoms with Gasteiger partial charge in [0.1, 0.15) is 16.5 Å². The molecule has 0 spiro atoms. The second kappa shape index (κ2) is 8.89. The third kappa shape index (κ3) is 4.28. The van der Waals surface area contributed by atoms with Gasteiger partial charge in [-0.25, -0.2) is 13.8 Å². The predicted molar refractivity (Wildman–Crippen MR) is 123 cm³/mol. The van der Waals surface area contributed by atoms with Gasteiger partial charge in [-0.15, -0.1) is 22.7 Å². The van der Waals surface area contributed by atoms with Gasteiger partial charge >= 0.3 is 0 Å². The van der Waals surface area contributed by atoms with E-state index in [0.29, 0.717) is 28.0 Å². The number of carbonyl (C=O) groups excluding carboxylic acids is 1. The van der Waals surface area contributed by atoms with Crippen LogP contribution in [0.15, 0.2) is 51.0 Å². The van der Waals surface area contributed by atoms with Crippen molar-refractivity contribution in [3.8, 4) is 10.4 Å². The van der Waals surface area contributed by atoms with E-state index < -0.39 is 22.8 Å². The van der Waals surface area contributed by atoms with Gasteiger partial charge in [0.05, 0.1) is 16.3 Å². The highest BCUT2D eigenvalue weighted by molar-refractivity contribution is 8.00. The average molecular weight is 478 g/mol. The van der Waals surface area contributed by atoms with E-state index in [9.17, 15) is 18.4 Å². The van der Waals surface area contributed by atoms with Crippen molar-refractivity contribution in [3.05, 3.63) is 63.1 Å². The third-order valence-electron chi connectivity index (χ3n) is 4.60. The summed E-state index contributed by atoms with van der Waals surface area (Å²) in [5, 5.41) is 6.67. The van der Waals surface area contributed by atoms with Crippen molar-refractivity contribution >= 4 is 56.2 Å². The highest BCUT2D eigenvalue weighted by atomic mass is 32.2. The number of thiophene rings is 2. The van der Waals surface area contributed by atoms with Crippen LogP contribution in [0.4, 0.5) is 14.5 Å². The minimum Gasteiger partial charge on any atom is -0.323 e. The fourth-order valence-corrected chi connectivity index (χ4v) is 5.80. The molecular formula is C21H17F2N3O2S3. The summed E-state index contributed by atoms with van der Waals surface area (Å²) in [6.07, 6.45) is 0. The standard InChI is InChI=1S/C21H17F2N3O2S3/c1-3-26-20(28)17-13(16-5-4-8-29-16)10-30-19(17)25-21(26)31-11(2)18(27)24-15-7-6-12(22)9-14(15)23/h4-11H,3H2,1-2H3,(H,24,27). The first-order chi connectivity index (χ1) is 14.9. The van der Waals surface area contributed by atoms with E-state index in [4.69, 9.17) is 0 Å². The molecule has 1 unspecified atom stereocenters. The van der Waals surface area contributed by atoms with Gasteiger partial charge in [-0.05, 0) is 37.4 Å². The monoisotopic (exact) mass is 477 g/mol. The van der Waals surface area contributed by atoms with E-state index in [0.717, 1.165) is 28.3 Å². The van der Waals surface area contributed by atoms with E-state index in [-0.39, 0.29) is 11.2 Å². The first kappa shape index (κ1) is 21.7. The quantitative estimate of drug-likeness (QED) is 0.290. The van der Waals surface area contributed by atoms with Gasteiger partial charge in [0.15, 0.2) is 5.16 Å².